The van der Waals surface area contributed by atoms with E-state index in [0.29, 0.717) is 47.0 Å². The average molecular weight is 748 g/mol. The molecule has 10 heteroatoms. The molecule has 0 bridgehead atoms. The number of nitrogens with zero attached hydrogens (tertiary/aromatic N) is 2. The molecule has 4 aromatic rings. The molecule has 0 amide bonds. The van der Waals surface area contributed by atoms with E-state index in [0.717, 1.165) is 46.3 Å². The maximum atomic E-state index is 13.6. The number of halogens is 2. The second-order valence-corrected chi connectivity index (χ2v) is 13.4. The summed E-state index contributed by atoms with van der Waals surface area (Å²) < 4.78 is 24.4. The summed E-state index contributed by atoms with van der Waals surface area (Å²) in [6.07, 6.45) is 0.657. The van der Waals surface area contributed by atoms with Gasteiger partial charge in [-0.15, -0.1) is 0 Å². The zero-order valence-electron chi connectivity index (χ0n) is 25.0. The number of Topliss-reactive ketones (excluding diaryl/α,β-unsaturated/α-hetero) is 2. The van der Waals surface area contributed by atoms with E-state index in [1.807, 2.05) is 84.9 Å². The normalized spacial score (nSPS) is 17.1. The van der Waals surface area contributed by atoms with Crippen LogP contribution in [0.15, 0.2) is 93.9 Å². The first-order valence-corrected chi connectivity index (χ1v) is 16.8. The first kappa shape index (κ1) is 30.9. The summed E-state index contributed by atoms with van der Waals surface area (Å²) in [7, 11) is 0. The van der Waals surface area contributed by atoms with Gasteiger partial charge in [0.25, 0.3) is 0 Å². The number of fused-ring (bicyclic) bond motifs is 2. The zero-order chi connectivity index (χ0) is 31.6. The third-order valence-electron chi connectivity index (χ3n) is 8.88. The predicted octanol–water partition coefficient (Wildman–Crippen LogP) is 7.62. The number of hydrogen-bond acceptors (Lipinski definition) is 8. The highest BCUT2D eigenvalue weighted by atomic mass is 79.9. The minimum absolute atomic E-state index is 0.0796. The molecule has 0 spiro atoms. The van der Waals surface area contributed by atoms with Gasteiger partial charge < -0.3 is 18.9 Å². The van der Waals surface area contributed by atoms with Gasteiger partial charge >= 0.3 is 0 Å². The summed E-state index contributed by atoms with van der Waals surface area (Å²) in [5.74, 6) is 2.99. The summed E-state index contributed by atoms with van der Waals surface area (Å²) >= 11 is 6.93. The zero-order valence-corrected chi connectivity index (χ0v) is 28.2. The lowest BCUT2D eigenvalue weighted by Crippen LogP contribution is -2.49. The fourth-order valence-corrected chi connectivity index (χ4v) is 6.90. The van der Waals surface area contributed by atoms with E-state index in [1.54, 1.807) is 0 Å². The van der Waals surface area contributed by atoms with Crippen molar-refractivity contribution in [1.82, 2.24) is 9.80 Å². The molecule has 3 aliphatic heterocycles. The molecule has 1 saturated heterocycles. The number of carbonyl (C=O) groups is 2. The third-order valence-corrected chi connectivity index (χ3v) is 9.94. The van der Waals surface area contributed by atoms with Crippen molar-refractivity contribution in [3.05, 3.63) is 116 Å². The van der Waals surface area contributed by atoms with E-state index in [4.69, 9.17) is 18.9 Å². The van der Waals surface area contributed by atoms with Crippen LogP contribution in [-0.2, 0) is 0 Å². The number of benzene rings is 4. The van der Waals surface area contributed by atoms with Crippen LogP contribution in [0, 0.1) is 0 Å². The molecule has 46 heavy (non-hydrogen) atoms. The maximum Gasteiger partial charge on any atom is 0.231 e. The molecule has 0 saturated carbocycles. The fourth-order valence-electron chi connectivity index (χ4n) is 6.38. The Bertz CT molecular complexity index is 1610. The highest BCUT2D eigenvalue weighted by molar-refractivity contribution is 9.10. The Morgan fingerprint density at radius 1 is 0.543 bits per heavy atom. The Morgan fingerprint density at radius 3 is 1.30 bits per heavy atom. The minimum atomic E-state index is -0.152. The Hall–Kier alpha value is -3.70. The molecule has 1 fully saturated rings. The van der Waals surface area contributed by atoms with Crippen LogP contribution in [-0.4, -0.2) is 61.1 Å². The molecular weight excluding hydrogens is 716 g/mol. The van der Waals surface area contributed by atoms with Gasteiger partial charge in [-0.1, -0.05) is 68.3 Å². The number of hydrogen-bond donors (Lipinski definition) is 0. The fraction of sp³-hybridized carbons (Fsp3) is 0.278. The van der Waals surface area contributed by atoms with Crippen LogP contribution in [0.2, 0.25) is 0 Å². The van der Waals surface area contributed by atoms with Gasteiger partial charge in [0.15, 0.2) is 34.6 Å². The molecule has 2 unspecified atom stereocenters. The Labute approximate surface area is 284 Å². The van der Waals surface area contributed by atoms with E-state index in [1.165, 1.54) is 0 Å². The third kappa shape index (κ3) is 6.71. The Kier molecular flexibility index (Phi) is 9.13. The molecule has 0 N–H and O–H groups in total. The van der Waals surface area contributed by atoms with Crippen molar-refractivity contribution >= 4 is 43.4 Å². The molecule has 236 valence electrons. The molecular formula is C36H32Br2N2O6. The van der Waals surface area contributed by atoms with Gasteiger partial charge in [0.1, 0.15) is 0 Å². The summed E-state index contributed by atoms with van der Waals surface area (Å²) in [5.41, 5.74) is 3.39. The first-order chi connectivity index (χ1) is 22.4. The smallest absolute Gasteiger partial charge is 0.231 e. The number of carbonyl (C=O) groups excluding carboxylic acids is 2. The molecule has 8 nitrogen and oxygen atoms in total. The van der Waals surface area contributed by atoms with Crippen molar-refractivity contribution in [3.63, 3.8) is 0 Å². The van der Waals surface area contributed by atoms with E-state index in [2.05, 4.69) is 41.7 Å². The van der Waals surface area contributed by atoms with Crippen LogP contribution in [0.3, 0.4) is 0 Å². The minimum Gasteiger partial charge on any atom is -0.454 e. The number of ether oxygens (including phenoxy) is 4. The van der Waals surface area contributed by atoms with Crippen LogP contribution < -0.4 is 18.9 Å². The van der Waals surface area contributed by atoms with Crippen molar-refractivity contribution in [3.8, 4) is 23.0 Å². The Morgan fingerprint density at radius 2 is 0.913 bits per heavy atom. The number of rotatable bonds is 10. The number of ketones is 2. The molecule has 2 atom stereocenters. The quantitative estimate of drug-likeness (QED) is 0.154. The largest absolute Gasteiger partial charge is 0.454 e. The van der Waals surface area contributed by atoms with E-state index in [-0.39, 0.29) is 37.2 Å². The lowest BCUT2D eigenvalue weighted by Gasteiger charge is -2.42. The molecule has 0 aliphatic carbocycles. The van der Waals surface area contributed by atoms with Crippen molar-refractivity contribution in [2.24, 2.45) is 0 Å². The van der Waals surface area contributed by atoms with Crippen LogP contribution >= 0.6 is 31.9 Å². The van der Waals surface area contributed by atoms with Crippen LogP contribution in [0.25, 0.3) is 0 Å². The topological polar surface area (TPSA) is 77.5 Å². The van der Waals surface area contributed by atoms with Gasteiger partial charge in [-0.05, 0) is 59.7 Å². The molecule has 0 aromatic heterocycles. The molecule has 0 radical (unpaired) electrons. The van der Waals surface area contributed by atoms with Crippen LogP contribution in [0.1, 0.15) is 56.8 Å². The lowest BCUT2D eigenvalue weighted by atomic mass is 9.94. The summed E-state index contributed by atoms with van der Waals surface area (Å²) in [5, 5.41) is 0. The van der Waals surface area contributed by atoms with E-state index < -0.39 is 0 Å². The second-order valence-electron chi connectivity index (χ2n) is 11.6. The first-order valence-electron chi connectivity index (χ1n) is 15.3. The van der Waals surface area contributed by atoms with Gasteiger partial charge in [0.2, 0.25) is 13.6 Å². The van der Waals surface area contributed by atoms with Crippen molar-refractivity contribution in [2.45, 2.75) is 24.9 Å². The van der Waals surface area contributed by atoms with Gasteiger partial charge in [-0.25, -0.2) is 0 Å². The summed E-state index contributed by atoms with van der Waals surface area (Å²) in [6, 6.07) is 26.6. The van der Waals surface area contributed by atoms with Crippen molar-refractivity contribution in [2.75, 3.05) is 39.8 Å². The number of piperazine rings is 1. The summed E-state index contributed by atoms with van der Waals surface area (Å²) in [6.45, 7) is 3.28. The van der Waals surface area contributed by atoms with Crippen LogP contribution in [0.4, 0.5) is 0 Å². The van der Waals surface area contributed by atoms with Gasteiger partial charge in [-0.2, -0.15) is 0 Å². The molecule has 3 heterocycles. The molecule has 4 aromatic carbocycles. The lowest BCUT2D eigenvalue weighted by molar-refractivity contribution is 0.0557. The predicted molar refractivity (Wildman–Crippen MR) is 180 cm³/mol. The van der Waals surface area contributed by atoms with Gasteiger partial charge in [0, 0.05) is 71.2 Å². The average Bonchev–Trinajstić information content (AvgIpc) is 3.76. The standard InChI is InChI=1S/C36H32Br2N2O6/c37-27-7-1-23(2-8-27)31(41)19-29(25-5-11-33-35(17-25)45-21-43-33)39-13-15-40(16-14-39)30(20-32(42)24-3-9-28(38)10-4-24)26-6-12-34-36(18-26)46-22-44-34/h1-12,17-18,29-30H,13-16,19-22H2. The van der Waals surface area contributed by atoms with Gasteiger partial charge in [0.05, 0.1) is 0 Å². The van der Waals surface area contributed by atoms with Crippen LogP contribution in [0.5, 0.6) is 23.0 Å². The second kappa shape index (κ2) is 13.6. The van der Waals surface area contributed by atoms with E-state index in [9.17, 15) is 9.59 Å². The SMILES string of the molecule is O=C(CC(c1ccc2c(c1)OCO2)N1CCN(C(CC(=O)c2ccc(Br)cc2)c2ccc3c(c2)OCO3)CC1)c1ccc(Br)cc1. The Balaban J connectivity index is 1.13. The molecule has 7 rings (SSSR count). The maximum absolute atomic E-state index is 13.6. The van der Waals surface area contributed by atoms with Gasteiger partial charge in [-0.3, -0.25) is 19.4 Å². The highest BCUT2D eigenvalue weighted by Gasteiger charge is 2.33. The van der Waals surface area contributed by atoms with E-state index >= 15 is 0 Å². The van der Waals surface area contributed by atoms with Crippen molar-refractivity contribution in [1.29, 1.82) is 0 Å². The monoisotopic (exact) mass is 746 g/mol. The van der Waals surface area contributed by atoms with Crippen molar-refractivity contribution < 1.29 is 28.5 Å². The highest BCUT2D eigenvalue weighted by Crippen LogP contribution is 2.40. The summed E-state index contributed by atoms with van der Waals surface area (Å²) in [4.78, 5) is 31.9. The molecule has 3 aliphatic rings.